The number of phenolic OH excluding ortho intramolecular Hbond substituents is 1. The summed E-state index contributed by atoms with van der Waals surface area (Å²) in [4.78, 5) is 5.98. The van der Waals surface area contributed by atoms with Crippen LogP contribution in [0.1, 0.15) is 5.56 Å². The molecule has 0 amide bonds. The molecule has 0 saturated heterocycles. The van der Waals surface area contributed by atoms with Crippen molar-refractivity contribution in [2.75, 3.05) is 11.9 Å². The van der Waals surface area contributed by atoms with Gasteiger partial charge in [0.25, 0.3) is 6.33 Å². The van der Waals surface area contributed by atoms with Gasteiger partial charge in [-0.15, -0.1) is 0 Å². The molecule has 5 nitrogen and oxygen atoms in total. The van der Waals surface area contributed by atoms with E-state index in [0.29, 0.717) is 5.69 Å². The molecular formula is C24H20N4OPt-2. The summed E-state index contributed by atoms with van der Waals surface area (Å²) < 4.78 is 3.57. The molecule has 0 atom stereocenters. The first-order valence-corrected chi connectivity index (χ1v) is 9.21. The number of benzene rings is 3. The molecule has 1 aromatic heterocycles. The number of anilines is 2. The van der Waals surface area contributed by atoms with Gasteiger partial charge in [0.05, 0.1) is 0 Å². The standard InChI is InChI=1S/C24H20N4O.Pt/c1-19-8-3-4-11-22(19)28(17-25-2)21-10-7-9-20(16-21)26-14-15-27(18-26)23-12-5-6-13-24(23)29;/h3-15,29H,1-2H3;/q-2;. The van der Waals surface area contributed by atoms with Crippen LogP contribution >= 0.6 is 0 Å². The van der Waals surface area contributed by atoms with E-state index < -0.39 is 0 Å². The zero-order valence-electron chi connectivity index (χ0n) is 16.6. The largest absolute Gasteiger partial charge is 0.511 e. The molecule has 0 fully saturated rings. The molecule has 30 heavy (non-hydrogen) atoms. The zero-order valence-corrected chi connectivity index (χ0v) is 18.8. The number of hydrogen-bond acceptors (Lipinski definition) is 2. The summed E-state index contributed by atoms with van der Waals surface area (Å²) >= 11 is 0. The molecule has 4 rings (SSSR count). The Morgan fingerprint density at radius 1 is 1.03 bits per heavy atom. The molecule has 0 aliphatic rings. The van der Waals surface area contributed by atoms with Crippen LogP contribution in [0.5, 0.6) is 5.75 Å². The van der Waals surface area contributed by atoms with Gasteiger partial charge in [0, 0.05) is 46.8 Å². The molecule has 1 heterocycles. The average molecular weight is 576 g/mol. The topological polar surface area (TPSA) is 44.6 Å². The number of hydrogen-bond donors (Lipinski definition) is 1. The third-order valence-corrected chi connectivity index (χ3v) is 4.54. The van der Waals surface area contributed by atoms with Crippen LogP contribution in [0.15, 0.2) is 84.1 Å². The van der Waals surface area contributed by atoms with Gasteiger partial charge in [-0.05, 0) is 19.1 Å². The summed E-state index contributed by atoms with van der Waals surface area (Å²) in [6.07, 6.45) is 9.97. The van der Waals surface area contributed by atoms with Crippen molar-refractivity contribution in [2.45, 2.75) is 6.92 Å². The summed E-state index contributed by atoms with van der Waals surface area (Å²) in [5.74, 6) is 0.198. The molecule has 0 aliphatic heterocycles. The minimum absolute atomic E-state index is 0. The number of aryl methyl sites for hydroxylation is 1. The van der Waals surface area contributed by atoms with Gasteiger partial charge in [0.2, 0.25) is 0 Å². The maximum atomic E-state index is 10.1. The number of para-hydroxylation sites is 3. The molecule has 0 saturated carbocycles. The van der Waals surface area contributed by atoms with Gasteiger partial charge in [-0.2, -0.15) is 17.8 Å². The number of aromatic nitrogens is 2. The van der Waals surface area contributed by atoms with E-state index in [1.54, 1.807) is 23.7 Å². The van der Waals surface area contributed by atoms with E-state index in [9.17, 15) is 5.11 Å². The Kier molecular flexibility index (Phi) is 6.86. The zero-order chi connectivity index (χ0) is 20.2. The van der Waals surface area contributed by atoms with E-state index in [0.717, 1.165) is 22.6 Å². The van der Waals surface area contributed by atoms with Gasteiger partial charge in [0.1, 0.15) is 11.4 Å². The van der Waals surface area contributed by atoms with Crippen molar-refractivity contribution < 1.29 is 30.7 Å². The fourth-order valence-electron chi connectivity index (χ4n) is 3.12. The van der Waals surface area contributed by atoms with Gasteiger partial charge in [-0.1, -0.05) is 53.3 Å². The molecule has 1 N–H and O–H groups in total. The van der Waals surface area contributed by atoms with Gasteiger partial charge in [-0.25, -0.2) is 12.1 Å². The van der Waals surface area contributed by atoms with E-state index in [1.165, 1.54) is 0 Å². The SMILES string of the molecule is CN=[C-]N(c1[c-]c(-n2[c-][n+](-c3ccccc3O)cc2)ccc1)c1ccccc1C.[Pt]. The molecule has 0 bridgehead atoms. The fourth-order valence-corrected chi connectivity index (χ4v) is 3.12. The van der Waals surface area contributed by atoms with Crippen LogP contribution in [0.25, 0.3) is 11.4 Å². The minimum atomic E-state index is 0. The first-order chi connectivity index (χ1) is 14.2. The number of imidazole rings is 1. The van der Waals surface area contributed by atoms with Crippen LogP contribution in [0.2, 0.25) is 0 Å². The van der Waals surface area contributed by atoms with E-state index in [1.807, 2.05) is 70.4 Å². The minimum Gasteiger partial charge on any atom is -0.511 e. The van der Waals surface area contributed by atoms with Gasteiger partial charge < -0.3 is 19.6 Å². The maximum Gasteiger partial charge on any atom is 0.267 e. The molecule has 154 valence electrons. The van der Waals surface area contributed by atoms with Crippen LogP contribution in [-0.2, 0) is 21.1 Å². The third-order valence-electron chi connectivity index (χ3n) is 4.54. The summed E-state index contributed by atoms with van der Waals surface area (Å²) in [5.41, 5.74) is 4.40. The molecule has 0 aliphatic carbocycles. The Bertz CT molecular complexity index is 1170. The van der Waals surface area contributed by atoms with Crippen molar-refractivity contribution in [2.24, 2.45) is 4.99 Å². The summed E-state index contributed by atoms with van der Waals surface area (Å²) in [6.45, 7) is 2.05. The van der Waals surface area contributed by atoms with Crippen LogP contribution < -0.4 is 9.47 Å². The monoisotopic (exact) mass is 575 g/mol. The van der Waals surface area contributed by atoms with Crippen molar-refractivity contribution in [3.8, 4) is 17.1 Å². The number of aromatic hydroxyl groups is 1. The van der Waals surface area contributed by atoms with E-state index >= 15 is 0 Å². The first kappa shape index (κ1) is 21.5. The summed E-state index contributed by atoms with van der Waals surface area (Å²) in [6, 6.07) is 24.5. The summed E-state index contributed by atoms with van der Waals surface area (Å²) in [7, 11) is 1.70. The van der Waals surface area contributed by atoms with Crippen molar-refractivity contribution in [3.63, 3.8) is 0 Å². The first-order valence-electron chi connectivity index (χ1n) is 9.21. The van der Waals surface area contributed by atoms with Crippen LogP contribution in [0.3, 0.4) is 0 Å². The second kappa shape index (κ2) is 9.55. The fraction of sp³-hybridized carbons (Fsp3) is 0.0833. The Labute approximate surface area is 190 Å². The average Bonchev–Trinajstić information content (AvgIpc) is 3.23. The van der Waals surface area contributed by atoms with Gasteiger partial charge in [0.15, 0.2) is 0 Å². The number of phenols is 1. The second-order valence-electron chi connectivity index (χ2n) is 6.49. The number of nitrogens with zero attached hydrogens (tertiary/aromatic N) is 4. The Balaban J connectivity index is 0.00000256. The van der Waals surface area contributed by atoms with Crippen molar-refractivity contribution in [3.05, 3.63) is 97.1 Å². The van der Waals surface area contributed by atoms with Crippen LogP contribution in [-0.4, -0.2) is 23.1 Å². The Morgan fingerprint density at radius 2 is 1.80 bits per heavy atom. The van der Waals surface area contributed by atoms with Crippen molar-refractivity contribution in [1.82, 2.24) is 4.57 Å². The Morgan fingerprint density at radius 3 is 2.57 bits per heavy atom. The normalized spacial score (nSPS) is 10.7. The predicted molar refractivity (Wildman–Crippen MR) is 113 cm³/mol. The van der Waals surface area contributed by atoms with E-state index in [4.69, 9.17) is 0 Å². The van der Waals surface area contributed by atoms with Crippen LogP contribution in [0, 0.1) is 19.3 Å². The molecular weight excluding hydrogens is 555 g/mol. The van der Waals surface area contributed by atoms with Gasteiger partial charge >= 0.3 is 0 Å². The predicted octanol–water partition coefficient (Wildman–Crippen LogP) is 4.04. The molecule has 0 radical (unpaired) electrons. The Hall–Kier alpha value is -3.17. The third kappa shape index (κ3) is 4.37. The molecule has 0 unspecified atom stereocenters. The maximum absolute atomic E-state index is 10.1. The number of rotatable bonds is 5. The molecule has 3 aromatic carbocycles. The van der Waals surface area contributed by atoms with Crippen molar-refractivity contribution >= 4 is 17.7 Å². The van der Waals surface area contributed by atoms with Gasteiger partial charge in [-0.3, -0.25) is 4.57 Å². The quantitative estimate of drug-likeness (QED) is 0.128. The van der Waals surface area contributed by atoms with Crippen LogP contribution in [0.4, 0.5) is 11.4 Å². The van der Waals surface area contributed by atoms with E-state index in [2.05, 4.69) is 36.7 Å². The van der Waals surface area contributed by atoms with E-state index in [-0.39, 0.29) is 26.8 Å². The molecule has 6 heteroatoms. The molecule has 4 aromatic rings. The second-order valence-corrected chi connectivity index (χ2v) is 6.49. The smallest absolute Gasteiger partial charge is 0.267 e. The summed E-state index contributed by atoms with van der Waals surface area (Å²) in [5, 5.41) is 10.1. The number of aliphatic imine (C=N–C) groups is 1. The molecule has 0 spiro atoms. The van der Waals surface area contributed by atoms with Crippen molar-refractivity contribution in [1.29, 1.82) is 0 Å².